The molecule has 4 heterocycles. The average molecular weight is 1480 g/mol. The highest BCUT2D eigenvalue weighted by molar-refractivity contribution is 5.99. The van der Waals surface area contributed by atoms with Crippen molar-refractivity contribution in [3.05, 3.63) is 245 Å². The van der Waals surface area contributed by atoms with Crippen molar-refractivity contribution in [2.24, 2.45) is 5.11 Å². The van der Waals surface area contributed by atoms with Crippen LogP contribution in [-0.2, 0) is 94.3 Å². The molecule has 2 aliphatic heterocycles. The molecule has 2 aromatic heterocycles. The van der Waals surface area contributed by atoms with Gasteiger partial charge in [0.05, 0.1) is 120 Å². The normalized spacial score (nSPS) is 15.7. The minimum atomic E-state index is -2.08. The van der Waals surface area contributed by atoms with E-state index >= 15 is 4.39 Å². The van der Waals surface area contributed by atoms with Gasteiger partial charge < -0.3 is 69.2 Å². The van der Waals surface area contributed by atoms with E-state index in [2.05, 4.69) is 92.1 Å². The number of hydrogen-bond acceptors (Lipinski definition) is 18. The maximum Gasteiger partial charge on any atom is 0.343 e. The lowest BCUT2D eigenvalue weighted by atomic mass is 9.76. The number of amides is 4. The monoisotopic (exact) mass is 1480 g/mol. The van der Waals surface area contributed by atoms with Crippen molar-refractivity contribution in [1.82, 2.24) is 30.8 Å². The second-order valence-electron chi connectivity index (χ2n) is 26.9. The van der Waals surface area contributed by atoms with Crippen molar-refractivity contribution >= 4 is 46.2 Å². The van der Waals surface area contributed by atoms with Crippen LogP contribution >= 0.6 is 0 Å². The van der Waals surface area contributed by atoms with Crippen LogP contribution in [-0.4, -0.2) is 154 Å². The molecule has 5 atom stereocenters. The lowest BCUT2D eigenvalue weighted by molar-refractivity contribution is -0.172. The third-order valence-corrected chi connectivity index (χ3v) is 19.9. The number of anilines is 1. The van der Waals surface area contributed by atoms with E-state index in [4.69, 9.17) is 43.7 Å². The standard InChI is InChI=1S/C82H93FN10O15/c1-4-81(101)64-49-70-74-62(51-93(70)79(99)63(64)52-108-80(81)100)73-66(32-31-61-54(3)65(83)50-68(89-74)72(61)73)90-78(98)75(95)56-25-29-60(30-26-56)87-76(96)67(22-14-15-34-85-82(57-18-10-6-11-19-57,58-20-12-7-13-21-58)59-27-23-53(2)24-28-59)91-77(97)69(48-55-16-8-5-9-17-55)88-71(94)33-36-102-38-40-104-42-44-106-46-47-107-45-43-105-41-39-103-37-35-86-92-84/h5-13,16-21,23-30,49-50,66-67,69,75,85,95,101H,4,14-15,22,31-48,51-52H2,1-3H3,(H,87,96)(H,88,94)(H,90,98)(H,91,97)/t66-,67-,69-,75?,81-/m0/s1. The Morgan fingerprint density at radius 2 is 1.31 bits per heavy atom. The van der Waals surface area contributed by atoms with Gasteiger partial charge in [-0.25, -0.2) is 14.2 Å². The van der Waals surface area contributed by atoms with E-state index in [9.17, 15) is 39.0 Å². The summed E-state index contributed by atoms with van der Waals surface area (Å²) in [5, 5.41) is 43.3. The lowest BCUT2D eigenvalue weighted by Gasteiger charge is -2.37. The molecule has 0 spiro atoms. The number of unbranched alkanes of at least 4 members (excludes halogenated alkanes) is 1. The molecule has 3 aliphatic rings. The number of pyridine rings is 2. The summed E-state index contributed by atoms with van der Waals surface area (Å²) >= 11 is 0. The molecule has 6 aromatic carbocycles. The van der Waals surface area contributed by atoms with Crippen molar-refractivity contribution < 1.29 is 71.7 Å². The molecule has 4 amide bonds. The average Bonchev–Trinajstić information content (AvgIpc) is 1.54. The van der Waals surface area contributed by atoms with Crippen molar-refractivity contribution in [2.75, 3.05) is 97.7 Å². The Morgan fingerprint density at radius 1 is 0.713 bits per heavy atom. The van der Waals surface area contributed by atoms with Gasteiger partial charge in [0.2, 0.25) is 17.7 Å². The molecule has 0 fully saturated rings. The van der Waals surface area contributed by atoms with E-state index in [1.807, 2.05) is 66.7 Å². The number of carbonyl (C=O) groups is 5. The third kappa shape index (κ3) is 19.1. The highest BCUT2D eigenvalue weighted by Gasteiger charge is 2.46. The van der Waals surface area contributed by atoms with Gasteiger partial charge in [-0.05, 0) is 127 Å². The summed E-state index contributed by atoms with van der Waals surface area (Å²) in [7, 11) is 0. The van der Waals surface area contributed by atoms with E-state index in [1.165, 1.54) is 22.8 Å². The van der Waals surface area contributed by atoms with E-state index in [0.717, 1.165) is 27.8 Å². The second kappa shape index (κ2) is 38.1. The molecular formula is C82H93FN10O15. The zero-order valence-corrected chi connectivity index (χ0v) is 61.0. The molecule has 108 heavy (non-hydrogen) atoms. The highest BCUT2D eigenvalue weighted by atomic mass is 19.1. The minimum Gasteiger partial charge on any atom is -0.458 e. The molecule has 26 heteroatoms. The summed E-state index contributed by atoms with van der Waals surface area (Å²) in [6.07, 6.45) is 0.136. The van der Waals surface area contributed by atoms with Gasteiger partial charge in [-0.1, -0.05) is 145 Å². The maximum atomic E-state index is 15.7. The van der Waals surface area contributed by atoms with Gasteiger partial charge in [-0.3, -0.25) is 29.3 Å². The smallest absolute Gasteiger partial charge is 0.343 e. The molecule has 1 aliphatic carbocycles. The first-order valence-electron chi connectivity index (χ1n) is 36.8. The summed E-state index contributed by atoms with van der Waals surface area (Å²) in [5.41, 5.74) is 14.0. The number of fused-ring (bicyclic) bond motifs is 5. The summed E-state index contributed by atoms with van der Waals surface area (Å²) in [6.45, 7) is 9.66. The molecule has 11 rings (SSSR count). The number of carbonyl (C=O) groups excluding carboxylic acids is 5. The van der Waals surface area contributed by atoms with Crippen LogP contribution in [0.25, 0.3) is 32.7 Å². The topological polar surface area (TPSA) is 334 Å². The van der Waals surface area contributed by atoms with Crippen LogP contribution in [0.4, 0.5) is 10.1 Å². The first kappa shape index (κ1) is 79.0. The summed E-state index contributed by atoms with van der Waals surface area (Å²) in [5.74, 6) is -3.69. The van der Waals surface area contributed by atoms with Gasteiger partial charge in [0.1, 0.15) is 24.5 Å². The number of nitrogens with one attached hydrogen (secondary N) is 5. The molecular weight excluding hydrogens is 1380 g/mol. The molecule has 0 radical (unpaired) electrons. The van der Waals surface area contributed by atoms with Crippen LogP contribution in [0.15, 0.2) is 162 Å². The van der Waals surface area contributed by atoms with Crippen LogP contribution in [0.3, 0.4) is 0 Å². The number of benzene rings is 6. The Balaban J connectivity index is 0.745. The molecule has 1 unspecified atom stereocenters. The number of hydrogen-bond donors (Lipinski definition) is 7. The van der Waals surface area contributed by atoms with Gasteiger partial charge >= 0.3 is 5.97 Å². The van der Waals surface area contributed by atoms with Crippen molar-refractivity contribution in [2.45, 2.75) is 121 Å². The molecule has 8 aromatic rings. The number of azide groups is 1. The van der Waals surface area contributed by atoms with Crippen molar-refractivity contribution in [3.8, 4) is 11.4 Å². The van der Waals surface area contributed by atoms with Crippen molar-refractivity contribution in [1.29, 1.82) is 0 Å². The van der Waals surface area contributed by atoms with Crippen LogP contribution in [0.2, 0.25) is 0 Å². The van der Waals surface area contributed by atoms with Crippen molar-refractivity contribution in [3.63, 3.8) is 0 Å². The first-order valence-corrected chi connectivity index (χ1v) is 36.8. The predicted octanol–water partition coefficient (Wildman–Crippen LogP) is 9.38. The van der Waals surface area contributed by atoms with Gasteiger partial charge in [0.15, 0.2) is 11.7 Å². The fraction of sp³-hybridized carbons (Fsp3) is 0.402. The number of rotatable bonds is 41. The van der Waals surface area contributed by atoms with Crippen LogP contribution < -0.4 is 32.1 Å². The largest absolute Gasteiger partial charge is 0.458 e. The number of aliphatic hydroxyl groups excluding tert-OH is 1. The van der Waals surface area contributed by atoms with Gasteiger partial charge in [-0.15, -0.1) is 0 Å². The Kier molecular flexibility index (Phi) is 27.9. The number of nitrogens with zero attached hydrogens (tertiary/aromatic N) is 5. The van der Waals surface area contributed by atoms with Crippen LogP contribution in [0, 0.1) is 19.7 Å². The van der Waals surface area contributed by atoms with Crippen LogP contribution in [0.1, 0.15) is 124 Å². The number of halogens is 1. The number of ether oxygens (including phenoxy) is 7. The minimum absolute atomic E-state index is 0.0189. The SMILES string of the molecule is CC[C@@]1(O)C(=O)OCc2c1cc1n(c2=O)Cc2c-1nc1cc(F)c(C)c3c1c2[C@@H](NC(=O)C(O)c1ccc(NC(=O)[C@H](CCCCNC(c2ccccc2)(c2ccccc2)c2ccc(C)cc2)NC(=O)[C@H](Cc2ccccc2)NC(=O)CCOCCOCCOCCOCCOCCOCCN=[N+]=[N-])cc1)CC3. The van der Waals surface area contributed by atoms with Gasteiger partial charge in [0.25, 0.3) is 11.5 Å². The molecule has 0 bridgehead atoms. The zero-order chi connectivity index (χ0) is 76.0. The Bertz CT molecular complexity index is 4490. The number of aryl methyl sites for hydroxylation is 2. The second-order valence-corrected chi connectivity index (χ2v) is 26.9. The Labute approximate surface area is 625 Å². The fourth-order valence-electron chi connectivity index (χ4n) is 14.2. The van der Waals surface area contributed by atoms with E-state index in [1.54, 1.807) is 32.0 Å². The van der Waals surface area contributed by atoms with Gasteiger partial charge in [0, 0.05) is 52.6 Å². The molecule has 25 nitrogen and oxygen atoms in total. The fourth-order valence-corrected chi connectivity index (χ4v) is 14.2. The lowest BCUT2D eigenvalue weighted by Crippen LogP contribution is -2.53. The zero-order valence-electron chi connectivity index (χ0n) is 61.0. The van der Waals surface area contributed by atoms with E-state index < -0.39 is 76.3 Å². The molecule has 568 valence electrons. The first-order chi connectivity index (χ1) is 52.5. The highest BCUT2D eigenvalue weighted by Crippen LogP contribution is 2.47. The third-order valence-electron chi connectivity index (χ3n) is 19.9. The van der Waals surface area contributed by atoms with Crippen LogP contribution in [0.5, 0.6) is 0 Å². The number of aliphatic hydroxyl groups is 2. The van der Waals surface area contributed by atoms with E-state index in [0.29, 0.717) is 142 Å². The number of esters is 1. The summed E-state index contributed by atoms with van der Waals surface area (Å²) in [6, 6.07) is 44.2. The van der Waals surface area contributed by atoms with E-state index in [-0.39, 0.29) is 81.9 Å². The molecule has 0 saturated carbocycles. The number of aromatic nitrogens is 2. The summed E-state index contributed by atoms with van der Waals surface area (Å²) in [4.78, 5) is 92.6. The number of cyclic esters (lactones) is 1. The van der Waals surface area contributed by atoms with Gasteiger partial charge in [-0.2, -0.15) is 0 Å². The molecule has 7 N–H and O–H groups in total. The Hall–Kier alpha value is -10.1. The Morgan fingerprint density at radius 3 is 1.92 bits per heavy atom. The summed E-state index contributed by atoms with van der Waals surface area (Å²) < 4.78 is 55.7. The quantitative estimate of drug-likeness (QED) is 0.00468. The molecule has 0 saturated heterocycles. The maximum absolute atomic E-state index is 15.7. The predicted molar refractivity (Wildman–Crippen MR) is 402 cm³/mol.